The number of rotatable bonds is 4. The van der Waals surface area contributed by atoms with Crippen molar-refractivity contribution >= 4 is 29.2 Å². The zero-order valence-corrected chi connectivity index (χ0v) is 22.0. The van der Waals surface area contributed by atoms with Crippen LogP contribution in [0.1, 0.15) is 48.7 Å². The first-order valence-electron chi connectivity index (χ1n) is 13.3. The largest absolute Gasteiger partial charge is 0.486 e. The molecular formula is C27H32N8O2S. The Labute approximate surface area is 225 Å². The number of piperidine rings is 1. The molecule has 38 heavy (non-hydrogen) atoms. The van der Waals surface area contributed by atoms with Crippen LogP contribution in [0.4, 0.5) is 17.5 Å². The minimum absolute atomic E-state index is 0.00677. The van der Waals surface area contributed by atoms with Crippen molar-refractivity contribution in [3.8, 4) is 5.75 Å². The lowest BCUT2D eigenvalue weighted by atomic mass is 9.73. The summed E-state index contributed by atoms with van der Waals surface area (Å²) in [5, 5.41) is 10.9. The van der Waals surface area contributed by atoms with E-state index in [4.69, 9.17) is 26.2 Å². The summed E-state index contributed by atoms with van der Waals surface area (Å²) < 4.78 is 6.15. The molecule has 6 heterocycles. The molecule has 3 aliphatic heterocycles. The standard InChI is InChI=1S/C27H32N8O2S/c28-21-11-20(23-26(33-21)35-8-2-3-16(35)15-37-23)38-22-13-31-25(19(14-36)32-22)34-9-5-27(6-10-34)12-18-17(24(27)29)4-1-7-30-18/h1,4,7,11,13,16,24,36H,2-3,5-6,8-10,12,14-15,29H2,(H2,28,33)/t16?,24-/m1/s1. The normalized spacial score (nSPS) is 23.2. The second-order valence-corrected chi connectivity index (χ2v) is 11.8. The van der Waals surface area contributed by atoms with Gasteiger partial charge in [0.25, 0.3) is 0 Å². The number of nitrogen functional groups attached to an aromatic ring is 1. The third kappa shape index (κ3) is 3.87. The maximum Gasteiger partial charge on any atom is 0.176 e. The van der Waals surface area contributed by atoms with Crippen LogP contribution in [0.25, 0.3) is 0 Å². The number of ether oxygens (including phenoxy) is 1. The highest BCUT2D eigenvalue weighted by Gasteiger charge is 2.47. The summed E-state index contributed by atoms with van der Waals surface area (Å²) in [6.07, 6.45) is 8.69. The molecule has 1 spiro atoms. The van der Waals surface area contributed by atoms with Crippen molar-refractivity contribution in [1.82, 2.24) is 19.9 Å². The van der Waals surface area contributed by atoms with Crippen molar-refractivity contribution in [2.24, 2.45) is 11.1 Å². The molecule has 3 aromatic heterocycles. The fourth-order valence-corrected chi connectivity index (χ4v) is 7.54. The van der Waals surface area contributed by atoms with Crippen molar-refractivity contribution in [2.75, 3.05) is 41.8 Å². The van der Waals surface area contributed by atoms with Gasteiger partial charge in [0.05, 0.1) is 23.7 Å². The molecule has 2 fully saturated rings. The van der Waals surface area contributed by atoms with Crippen molar-refractivity contribution in [3.63, 3.8) is 0 Å². The maximum atomic E-state index is 10.2. The maximum absolute atomic E-state index is 10.2. The molecule has 5 N–H and O–H groups in total. The molecule has 2 saturated heterocycles. The molecule has 1 unspecified atom stereocenters. The first-order valence-corrected chi connectivity index (χ1v) is 14.2. The van der Waals surface area contributed by atoms with Gasteiger partial charge in [-0.2, -0.15) is 0 Å². The third-order valence-electron chi connectivity index (χ3n) is 8.67. The second kappa shape index (κ2) is 9.25. The summed E-state index contributed by atoms with van der Waals surface area (Å²) in [5.74, 6) is 2.77. The summed E-state index contributed by atoms with van der Waals surface area (Å²) >= 11 is 1.45. The Morgan fingerprint density at radius 3 is 2.84 bits per heavy atom. The topological polar surface area (TPSA) is 140 Å². The fraction of sp³-hybridized carbons (Fsp3) is 0.481. The summed E-state index contributed by atoms with van der Waals surface area (Å²) in [4.78, 5) is 24.1. The fourth-order valence-electron chi connectivity index (χ4n) is 6.63. The Morgan fingerprint density at radius 2 is 2.03 bits per heavy atom. The van der Waals surface area contributed by atoms with Gasteiger partial charge in [0.2, 0.25) is 0 Å². The van der Waals surface area contributed by atoms with E-state index in [1.807, 2.05) is 18.3 Å². The van der Waals surface area contributed by atoms with Crippen molar-refractivity contribution in [2.45, 2.75) is 60.7 Å². The Bertz CT molecular complexity index is 1380. The van der Waals surface area contributed by atoms with E-state index in [9.17, 15) is 5.11 Å². The van der Waals surface area contributed by atoms with Crippen LogP contribution < -0.4 is 26.0 Å². The predicted molar refractivity (Wildman–Crippen MR) is 145 cm³/mol. The Balaban J connectivity index is 1.10. The molecule has 10 nitrogen and oxygen atoms in total. The van der Waals surface area contributed by atoms with Crippen LogP contribution in [0.2, 0.25) is 0 Å². The minimum Gasteiger partial charge on any atom is -0.486 e. The number of aromatic nitrogens is 4. The lowest BCUT2D eigenvalue weighted by molar-refractivity contribution is 0.186. The summed E-state index contributed by atoms with van der Waals surface area (Å²) in [5.41, 5.74) is 15.8. The van der Waals surface area contributed by atoms with Crippen LogP contribution in [-0.2, 0) is 13.0 Å². The van der Waals surface area contributed by atoms with Crippen LogP contribution in [0.15, 0.2) is 40.5 Å². The monoisotopic (exact) mass is 532 g/mol. The van der Waals surface area contributed by atoms with Gasteiger partial charge >= 0.3 is 0 Å². The first kappa shape index (κ1) is 23.9. The highest BCUT2D eigenvalue weighted by molar-refractivity contribution is 7.99. The average Bonchev–Trinajstić information content (AvgIpc) is 3.52. The van der Waals surface area contributed by atoms with Gasteiger partial charge in [0.15, 0.2) is 17.4 Å². The molecule has 7 rings (SSSR count). The smallest absolute Gasteiger partial charge is 0.176 e. The lowest BCUT2D eigenvalue weighted by Gasteiger charge is -2.42. The Morgan fingerprint density at radius 1 is 1.16 bits per heavy atom. The Hall–Kier alpha value is -3.15. The number of hydrogen-bond acceptors (Lipinski definition) is 11. The lowest BCUT2D eigenvalue weighted by Crippen LogP contribution is -2.45. The second-order valence-electron chi connectivity index (χ2n) is 10.8. The molecule has 11 heteroatoms. The number of nitrogens with zero attached hydrogens (tertiary/aromatic N) is 6. The van der Waals surface area contributed by atoms with Crippen LogP contribution in [-0.4, -0.2) is 57.3 Å². The molecule has 0 amide bonds. The van der Waals surface area contributed by atoms with Crippen LogP contribution >= 0.6 is 11.8 Å². The highest BCUT2D eigenvalue weighted by atomic mass is 32.2. The molecule has 2 atom stereocenters. The van der Waals surface area contributed by atoms with E-state index in [-0.39, 0.29) is 18.1 Å². The third-order valence-corrected chi connectivity index (χ3v) is 9.60. The number of aliphatic hydroxyl groups is 1. The molecule has 0 saturated carbocycles. The van der Waals surface area contributed by atoms with E-state index < -0.39 is 0 Å². The van der Waals surface area contributed by atoms with E-state index in [1.54, 1.807) is 6.20 Å². The van der Waals surface area contributed by atoms with Gasteiger partial charge in [-0.1, -0.05) is 17.8 Å². The van der Waals surface area contributed by atoms with E-state index in [2.05, 4.69) is 25.8 Å². The molecule has 0 aromatic carbocycles. The van der Waals surface area contributed by atoms with E-state index >= 15 is 0 Å². The summed E-state index contributed by atoms with van der Waals surface area (Å²) in [6.45, 7) is 3.06. The quantitative estimate of drug-likeness (QED) is 0.457. The summed E-state index contributed by atoms with van der Waals surface area (Å²) in [6, 6.07) is 6.29. The van der Waals surface area contributed by atoms with Gasteiger partial charge < -0.3 is 31.1 Å². The molecule has 1 aliphatic carbocycles. The number of nitrogens with two attached hydrogens (primary N) is 2. The van der Waals surface area contributed by atoms with Gasteiger partial charge in [-0.15, -0.1) is 0 Å². The molecule has 0 radical (unpaired) electrons. The zero-order valence-electron chi connectivity index (χ0n) is 21.2. The number of fused-ring (bicyclic) bond motifs is 4. The average molecular weight is 533 g/mol. The van der Waals surface area contributed by atoms with Gasteiger partial charge in [0, 0.05) is 37.6 Å². The summed E-state index contributed by atoms with van der Waals surface area (Å²) in [7, 11) is 0. The van der Waals surface area contributed by atoms with Gasteiger partial charge in [-0.05, 0) is 55.2 Å². The number of anilines is 3. The predicted octanol–water partition coefficient (Wildman–Crippen LogP) is 2.70. The molecular weight excluding hydrogens is 500 g/mol. The van der Waals surface area contributed by atoms with E-state index in [0.717, 1.165) is 79.7 Å². The SMILES string of the molecule is Nc1cc(Sc2cnc(N3CCC4(CC3)Cc3ncccc3[C@H]4N)c(CO)n2)c2c(n1)N1CCCC1CO2. The first-order chi connectivity index (χ1) is 18.5. The molecule has 0 bridgehead atoms. The number of hydrogen-bond donors (Lipinski definition) is 3. The van der Waals surface area contributed by atoms with E-state index in [0.29, 0.717) is 29.2 Å². The van der Waals surface area contributed by atoms with Crippen LogP contribution in [0, 0.1) is 5.41 Å². The van der Waals surface area contributed by atoms with Gasteiger partial charge in [-0.25, -0.2) is 15.0 Å². The number of pyridine rings is 2. The highest BCUT2D eigenvalue weighted by Crippen LogP contribution is 2.50. The van der Waals surface area contributed by atoms with Gasteiger partial charge in [-0.3, -0.25) is 4.98 Å². The van der Waals surface area contributed by atoms with E-state index in [1.165, 1.54) is 17.3 Å². The minimum atomic E-state index is -0.185. The number of aliphatic hydroxyl groups excluding tert-OH is 1. The van der Waals surface area contributed by atoms with Crippen LogP contribution in [0.3, 0.4) is 0 Å². The molecule has 3 aromatic rings. The Kier molecular flexibility index (Phi) is 5.82. The van der Waals surface area contributed by atoms with Crippen molar-refractivity contribution < 1.29 is 9.84 Å². The van der Waals surface area contributed by atoms with Crippen molar-refractivity contribution in [3.05, 3.63) is 47.5 Å². The zero-order chi connectivity index (χ0) is 25.9. The molecule has 4 aliphatic rings. The van der Waals surface area contributed by atoms with Gasteiger partial charge in [0.1, 0.15) is 23.1 Å². The van der Waals surface area contributed by atoms with Crippen LogP contribution in [0.5, 0.6) is 5.75 Å². The van der Waals surface area contributed by atoms with Crippen molar-refractivity contribution in [1.29, 1.82) is 0 Å². The molecule has 198 valence electrons.